The molecule has 0 aromatic heterocycles. The molecular weight excluding hydrogens is 138 g/mol. The maximum Gasteiger partial charge on any atom is 0.0718 e. The zero-order valence-electron chi connectivity index (χ0n) is 4.81. The molecule has 2 aliphatic heterocycles. The average molecular weight is 147 g/mol. The standard InChI is InChI=1S/C5H9NS2/c1-5-3-7-4(6-5)2-8-5/h4,6H,2-3H2,1H3. The Bertz CT molecular complexity index is 107. The third-order valence-electron chi connectivity index (χ3n) is 1.58. The van der Waals surface area contributed by atoms with Gasteiger partial charge in [-0.3, -0.25) is 5.32 Å². The minimum absolute atomic E-state index is 0.440. The van der Waals surface area contributed by atoms with E-state index in [9.17, 15) is 0 Å². The van der Waals surface area contributed by atoms with Gasteiger partial charge in [0.15, 0.2) is 0 Å². The molecule has 2 atom stereocenters. The highest BCUT2D eigenvalue weighted by Gasteiger charge is 2.41. The zero-order valence-corrected chi connectivity index (χ0v) is 6.44. The van der Waals surface area contributed by atoms with E-state index in [1.807, 2.05) is 0 Å². The van der Waals surface area contributed by atoms with E-state index in [0.717, 1.165) is 5.37 Å². The number of hydrogen-bond acceptors (Lipinski definition) is 3. The lowest BCUT2D eigenvalue weighted by atomic mass is 10.4. The van der Waals surface area contributed by atoms with Crippen molar-refractivity contribution >= 4 is 23.5 Å². The molecule has 2 unspecified atom stereocenters. The first-order chi connectivity index (χ1) is 3.79. The molecule has 0 aliphatic carbocycles. The molecule has 2 saturated heterocycles. The van der Waals surface area contributed by atoms with Crippen LogP contribution in [0.5, 0.6) is 0 Å². The smallest absolute Gasteiger partial charge is 0.0718 e. The number of hydrogen-bond donors (Lipinski definition) is 1. The summed E-state index contributed by atoms with van der Waals surface area (Å²) in [4.78, 5) is 0.440. The van der Waals surface area contributed by atoms with Crippen LogP contribution >= 0.6 is 23.5 Å². The molecule has 1 nitrogen and oxygen atoms in total. The molecule has 2 fully saturated rings. The van der Waals surface area contributed by atoms with Crippen LogP contribution in [-0.4, -0.2) is 21.8 Å². The number of thioether (sulfide) groups is 2. The number of rotatable bonds is 0. The van der Waals surface area contributed by atoms with Gasteiger partial charge in [-0.05, 0) is 6.92 Å². The lowest BCUT2D eigenvalue weighted by molar-refractivity contribution is 0.612. The van der Waals surface area contributed by atoms with Gasteiger partial charge < -0.3 is 0 Å². The topological polar surface area (TPSA) is 12.0 Å². The summed E-state index contributed by atoms with van der Waals surface area (Å²) in [5, 5.41) is 4.30. The molecule has 8 heavy (non-hydrogen) atoms. The molecule has 0 aromatic carbocycles. The Kier molecular flexibility index (Phi) is 1.08. The molecule has 0 aromatic rings. The monoisotopic (exact) mass is 147 g/mol. The number of nitrogens with one attached hydrogen (secondary N) is 1. The van der Waals surface area contributed by atoms with Crippen molar-refractivity contribution in [2.45, 2.75) is 17.2 Å². The predicted molar refractivity (Wildman–Crippen MR) is 40.2 cm³/mol. The van der Waals surface area contributed by atoms with Crippen molar-refractivity contribution < 1.29 is 0 Å². The largest absolute Gasteiger partial charge is 0.290 e. The summed E-state index contributed by atoms with van der Waals surface area (Å²) in [5.41, 5.74) is 0. The van der Waals surface area contributed by atoms with Crippen LogP contribution in [0.3, 0.4) is 0 Å². The van der Waals surface area contributed by atoms with Gasteiger partial charge in [-0.25, -0.2) is 0 Å². The summed E-state index contributed by atoms with van der Waals surface area (Å²) in [5.74, 6) is 2.60. The number of fused-ring (bicyclic) bond motifs is 2. The Labute approximate surface area is 58.0 Å². The highest BCUT2D eigenvalue weighted by Crippen LogP contribution is 2.43. The minimum Gasteiger partial charge on any atom is -0.290 e. The Balaban J connectivity index is 2.19. The van der Waals surface area contributed by atoms with Crippen LogP contribution in [0.4, 0.5) is 0 Å². The van der Waals surface area contributed by atoms with Crippen molar-refractivity contribution in [3.05, 3.63) is 0 Å². The lowest BCUT2D eigenvalue weighted by Crippen LogP contribution is -2.31. The molecule has 2 rings (SSSR count). The SMILES string of the molecule is CC12CSC(CS1)N2. The molecule has 1 N–H and O–H groups in total. The van der Waals surface area contributed by atoms with E-state index in [1.165, 1.54) is 11.5 Å². The molecular formula is C5H9NS2. The summed E-state index contributed by atoms with van der Waals surface area (Å²) in [7, 11) is 0. The quantitative estimate of drug-likeness (QED) is 0.551. The van der Waals surface area contributed by atoms with Crippen molar-refractivity contribution in [3.8, 4) is 0 Å². The van der Waals surface area contributed by atoms with Gasteiger partial charge in [0, 0.05) is 11.5 Å². The van der Waals surface area contributed by atoms with E-state index < -0.39 is 0 Å². The van der Waals surface area contributed by atoms with Crippen molar-refractivity contribution in [2.24, 2.45) is 0 Å². The first kappa shape index (κ1) is 5.45. The predicted octanol–water partition coefficient (Wildman–Crippen LogP) is 1.11. The van der Waals surface area contributed by atoms with Gasteiger partial charge in [0.2, 0.25) is 0 Å². The van der Waals surface area contributed by atoms with E-state index in [0.29, 0.717) is 4.87 Å². The third-order valence-corrected chi connectivity index (χ3v) is 4.80. The molecule has 2 aliphatic rings. The summed E-state index contributed by atoms with van der Waals surface area (Å²) in [6, 6.07) is 0. The van der Waals surface area contributed by atoms with E-state index in [2.05, 4.69) is 35.8 Å². The molecule has 2 heterocycles. The van der Waals surface area contributed by atoms with E-state index in [4.69, 9.17) is 0 Å². The molecule has 0 spiro atoms. The fraction of sp³-hybridized carbons (Fsp3) is 1.00. The van der Waals surface area contributed by atoms with Crippen LogP contribution in [0.1, 0.15) is 6.92 Å². The van der Waals surface area contributed by atoms with Gasteiger partial charge in [0.1, 0.15) is 0 Å². The molecule has 0 amide bonds. The van der Waals surface area contributed by atoms with Crippen LogP contribution in [0, 0.1) is 0 Å². The Morgan fingerprint density at radius 2 is 2.62 bits per heavy atom. The maximum absolute atomic E-state index is 3.53. The van der Waals surface area contributed by atoms with Gasteiger partial charge in [0.25, 0.3) is 0 Å². The summed E-state index contributed by atoms with van der Waals surface area (Å²) in [6.45, 7) is 2.29. The normalized spacial score (nSPS) is 52.9. The molecule has 3 heteroatoms. The van der Waals surface area contributed by atoms with Gasteiger partial charge in [-0.2, -0.15) is 0 Å². The third kappa shape index (κ3) is 0.684. The van der Waals surface area contributed by atoms with E-state index in [1.54, 1.807) is 0 Å². The average Bonchev–Trinajstić information content (AvgIpc) is 2.21. The van der Waals surface area contributed by atoms with Crippen LogP contribution in [0.25, 0.3) is 0 Å². The van der Waals surface area contributed by atoms with Gasteiger partial charge in [-0.1, -0.05) is 0 Å². The van der Waals surface area contributed by atoms with Crippen LogP contribution in [-0.2, 0) is 0 Å². The van der Waals surface area contributed by atoms with E-state index in [-0.39, 0.29) is 0 Å². The lowest BCUT2D eigenvalue weighted by Gasteiger charge is -2.16. The fourth-order valence-electron chi connectivity index (χ4n) is 1.12. The molecule has 0 radical (unpaired) electrons. The summed E-state index contributed by atoms with van der Waals surface area (Å²) >= 11 is 4.12. The van der Waals surface area contributed by atoms with Crippen molar-refractivity contribution in [2.75, 3.05) is 11.5 Å². The van der Waals surface area contributed by atoms with Gasteiger partial charge >= 0.3 is 0 Å². The highest BCUT2D eigenvalue weighted by molar-refractivity contribution is 8.08. The Morgan fingerprint density at radius 1 is 1.75 bits per heavy atom. The molecule has 46 valence electrons. The second kappa shape index (κ2) is 1.58. The Morgan fingerprint density at radius 3 is 2.75 bits per heavy atom. The van der Waals surface area contributed by atoms with Gasteiger partial charge in [0.05, 0.1) is 10.2 Å². The van der Waals surface area contributed by atoms with Crippen LogP contribution < -0.4 is 5.32 Å². The minimum atomic E-state index is 0.440. The van der Waals surface area contributed by atoms with Gasteiger partial charge in [-0.15, -0.1) is 23.5 Å². The molecule has 2 bridgehead atoms. The zero-order chi connectivity index (χ0) is 5.61. The molecule has 0 saturated carbocycles. The fourth-order valence-corrected chi connectivity index (χ4v) is 4.09. The Hall–Kier alpha value is 0.660. The summed E-state index contributed by atoms with van der Waals surface area (Å²) < 4.78 is 0. The van der Waals surface area contributed by atoms with E-state index >= 15 is 0 Å². The first-order valence-corrected chi connectivity index (χ1v) is 4.85. The highest BCUT2D eigenvalue weighted by atomic mass is 32.2. The first-order valence-electron chi connectivity index (χ1n) is 2.82. The van der Waals surface area contributed by atoms with Crippen LogP contribution in [0.15, 0.2) is 0 Å². The summed E-state index contributed by atoms with van der Waals surface area (Å²) in [6.07, 6.45) is 0. The second-order valence-electron chi connectivity index (χ2n) is 2.49. The van der Waals surface area contributed by atoms with Crippen molar-refractivity contribution in [3.63, 3.8) is 0 Å². The van der Waals surface area contributed by atoms with Crippen LogP contribution in [0.2, 0.25) is 0 Å². The maximum atomic E-state index is 3.53. The second-order valence-corrected chi connectivity index (χ2v) is 5.20. The van der Waals surface area contributed by atoms with Crippen molar-refractivity contribution in [1.82, 2.24) is 5.32 Å². The van der Waals surface area contributed by atoms with Crippen molar-refractivity contribution in [1.29, 1.82) is 0 Å².